The van der Waals surface area contributed by atoms with Crippen LogP contribution in [0.25, 0.3) is 11.1 Å². The minimum absolute atomic E-state index is 0.0693. The molecule has 0 atom stereocenters. The van der Waals surface area contributed by atoms with E-state index >= 15 is 8.78 Å². The van der Waals surface area contributed by atoms with E-state index in [2.05, 4.69) is 4.98 Å². The van der Waals surface area contributed by atoms with Crippen molar-refractivity contribution >= 4 is 17.7 Å². The summed E-state index contributed by atoms with van der Waals surface area (Å²) in [6.07, 6.45) is 0.335. The first kappa shape index (κ1) is 27.1. The number of nitrogens with one attached hydrogen (secondary N) is 1. The lowest BCUT2D eigenvalue weighted by molar-refractivity contribution is 0.0284. The molecule has 3 aromatic rings. The Bertz CT molecular complexity index is 1330. The first-order chi connectivity index (χ1) is 16.8. The molecular weight excluding hydrogens is 504 g/mol. The Hall–Kier alpha value is -3.53. The molecule has 0 saturated carbocycles. The van der Waals surface area contributed by atoms with Crippen LogP contribution in [0.15, 0.2) is 41.3 Å². The third-order valence-corrected chi connectivity index (χ3v) is 5.22. The van der Waals surface area contributed by atoms with E-state index in [1.807, 2.05) is 0 Å². The number of aromatic amines is 1. The summed E-state index contributed by atoms with van der Waals surface area (Å²) in [4.78, 5) is 27.6. The topological polar surface area (TPSA) is 71.6 Å². The van der Waals surface area contributed by atoms with E-state index in [1.165, 1.54) is 7.05 Å². The minimum Gasteiger partial charge on any atom is -0.486 e. The van der Waals surface area contributed by atoms with Gasteiger partial charge in [0.2, 0.25) is 0 Å². The normalized spacial score (nSPS) is 11.4. The number of hydrogen-bond acceptors (Lipinski definition) is 4. The van der Waals surface area contributed by atoms with Crippen LogP contribution in [0.4, 0.5) is 22.4 Å². The monoisotopic (exact) mass is 526 g/mol. The number of carbonyl (C=O) groups excluding carboxylic acids is 1. The zero-order valence-corrected chi connectivity index (χ0v) is 20.6. The molecular formula is C25H23ClF4N2O4. The van der Waals surface area contributed by atoms with Gasteiger partial charge >= 0.3 is 6.09 Å². The average molecular weight is 527 g/mol. The van der Waals surface area contributed by atoms with Crippen LogP contribution in [0.1, 0.15) is 31.9 Å². The molecule has 192 valence electrons. The summed E-state index contributed by atoms with van der Waals surface area (Å²) in [7, 11) is 1.42. The maximum absolute atomic E-state index is 15.1. The van der Waals surface area contributed by atoms with Crippen molar-refractivity contribution < 1.29 is 31.8 Å². The van der Waals surface area contributed by atoms with Crippen LogP contribution in [0.5, 0.6) is 5.75 Å². The zero-order valence-electron chi connectivity index (χ0n) is 19.8. The fourth-order valence-electron chi connectivity index (χ4n) is 3.26. The number of benzene rings is 2. The number of halogens is 5. The number of aromatic nitrogens is 1. The van der Waals surface area contributed by atoms with Crippen LogP contribution in [-0.4, -0.2) is 28.6 Å². The lowest BCUT2D eigenvalue weighted by atomic mass is 10.0. The van der Waals surface area contributed by atoms with Crippen molar-refractivity contribution in [3.05, 3.63) is 86.3 Å². The highest BCUT2D eigenvalue weighted by atomic mass is 35.5. The van der Waals surface area contributed by atoms with Crippen LogP contribution in [0.3, 0.4) is 0 Å². The van der Waals surface area contributed by atoms with Gasteiger partial charge in [0.05, 0.1) is 5.56 Å². The summed E-state index contributed by atoms with van der Waals surface area (Å²) < 4.78 is 68.2. The van der Waals surface area contributed by atoms with E-state index in [0.29, 0.717) is 6.07 Å². The minimum atomic E-state index is -1.02. The SMILES string of the molecule is CN(Cc1cc(F)c(-c2c[nH]c(=O)c(Cl)c2OCc2ccc(F)cc2F)c(F)c1)C(=O)OC(C)(C)C. The lowest BCUT2D eigenvalue weighted by Crippen LogP contribution is -2.33. The molecule has 1 N–H and O–H groups in total. The van der Waals surface area contributed by atoms with Crippen LogP contribution in [0.2, 0.25) is 5.02 Å². The van der Waals surface area contributed by atoms with Gasteiger partial charge in [-0.2, -0.15) is 0 Å². The molecule has 0 bridgehead atoms. The van der Waals surface area contributed by atoms with Gasteiger partial charge in [0.15, 0.2) is 5.75 Å². The molecule has 0 aliphatic carbocycles. The van der Waals surface area contributed by atoms with Crippen molar-refractivity contribution in [2.24, 2.45) is 0 Å². The Balaban J connectivity index is 1.94. The molecule has 11 heteroatoms. The van der Waals surface area contributed by atoms with E-state index in [9.17, 15) is 18.4 Å². The van der Waals surface area contributed by atoms with Crippen molar-refractivity contribution in [1.82, 2.24) is 9.88 Å². The summed E-state index contributed by atoms with van der Waals surface area (Å²) in [5.41, 5.74) is -2.28. The number of pyridine rings is 1. The zero-order chi connectivity index (χ0) is 26.8. The second-order valence-corrected chi connectivity index (χ2v) is 9.35. The van der Waals surface area contributed by atoms with Crippen LogP contribution in [-0.2, 0) is 17.9 Å². The van der Waals surface area contributed by atoms with Crippen LogP contribution < -0.4 is 10.3 Å². The number of nitrogens with zero attached hydrogens (tertiary/aromatic N) is 1. The van der Waals surface area contributed by atoms with Gasteiger partial charge < -0.3 is 19.4 Å². The van der Waals surface area contributed by atoms with Gasteiger partial charge in [0.25, 0.3) is 5.56 Å². The predicted octanol–water partition coefficient (Wildman–Crippen LogP) is 6.20. The number of hydrogen-bond donors (Lipinski definition) is 1. The Morgan fingerprint density at radius 2 is 1.69 bits per heavy atom. The fraction of sp³-hybridized carbons (Fsp3) is 0.280. The molecule has 0 aliphatic rings. The fourth-order valence-corrected chi connectivity index (χ4v) is 3.47. The summed E-state index contributed by atoms with van der Waals surface area (Å²) in [6, 6.07) is 4.81. The highest BCUT2D eigenvalue weighted by Crippen LogP contribution is 2.37. The van der Waals surface area contributed by atoms with E-state index in [0.717, 1.165) is 35.4 Å². The molecule has 0 unspecified atom stereocenters. The molecule has 0 fully saturated rings. The number of ether oxygens (including phenoxy) is 2. The Morgan fingerprint density at radius 3 is 2.28 bits per heavy atom. The Morgan fingerprint density at radius 1 is 1.06 bits per heavy atom. The number of amides is 1. The van der Waals surface area contributed by atoms with E-state index in [1.54, 1.807) is 20.8 Å². The molecule has 2 aromatic carbocycles. The third kappa shape index (κ3) is 6.37. The number of rotatable bonds is 6. The van der Waals surface area contributed by atoms with Gasteiger partial charge in [0.1, 0.15) is 40.5 Å². The maximum Gasteiger partial charge on any atom is 0.410 e. The molecule has 0 spiro atoms. The second kappa shape index (κ2) is 10.6. The molecule has 1 amide bonds. The molecule has 3 rings (SSSR count). The summed E-state index contributed by atoms with van der Waals surface area (Å²) in [5.74, 6) is -4.14. The van der Waals surface area contributed by atoms with Crippen molar-refractivity contribution in [2.45, 2.75) is 39.5 Å². The second-order valence-electron chi connectivity index (χ2n) is 8.97. The van der Waals surface area contributed by atoms with E-state index in [4.69, 9.17) is 21.1 Å². The van der Waals surface area contributed by atoms with Gasteiger partial charge in [-0.05, 0) is 50.6 Å². The van der Waals surface area contributed by atoms with Crippen LogP contribution in [0, 0.1) is 23.3 Å². The highest BCUT2D eigenvalue weighted by Gasteiger charge is 2.24. The molecule has 0 aliphatic heterocycles. The van der Waals surface area contributed by atoms with Gasteiger partial charge in [-0.25, -0.2) is 22.4 Å². The summed E-state index contributed by atoms with van der Waals surface area (Å²) in [5, 5.41) is -0.512. The van der Waals surface area contributed by atoms with Gasteiger partial charge in [-0.3, -0.25) is 4.79 Å². The third-order valence-electron chi connectivity index (χ3n) is 4.87. The van der Waals surface area contributed by atoms with Crippen LogP contribution >= 0.6 is 11.6 Å². The van der Waals surface area contributed by atoms with Gasteiger partial charge in [0, 0.05) is 37.0 Å². The smallest absolute Gasteiger partial charge is 0.410 e. The summed E-state index contributed by atoms with van der Waals surface area (Å²) >= 11 is 6.05. The Labute approximate surface area is 209 Å². The quantitative estimate of drug-likeness (QED) is 0.388. The van der Waals surface area contributed by atoms with Crippen molar-refractivity contribution in [1.29, 1.82) is 0 Å². The van der Waals surface area contributed by atoms with Gasteiger partial charge in [-0.15, -0.1) is 0 Å². The Kier molecular flexibility index (Phi) is 7.98. The largest absolute Gasteiger partial charge is 0.486 e. The van der Waals surface area contributed by atoms with Crippen molar-refractivity contribution in [3.8, 4) is 16.9 Å². The predicted molar refractivity (Wildman–Crippen MR) is 126 cm³/mol. The molecule has 6 nitrogen and oxygen atoms in total. The molecule has 0 saturated heterocycles. The van der Waals surface area contributed by atoms with E-state index in [-0.39, 0.29) is 29.0 Å². The van der Waals surface area contributed by atoms with Crippen molar-refractivity contribution in [2.75, 3.05) is 7.05 Å². The maximum atomic E-state index is 15.1. The number of carbonyl (C=O) groups is 1. The first-order valence-corrected chi connectivity index (χ1v) is 11.0. The lowest BCUT2D eigenvalue weighted by Gasteiger charge is -2.24. The molecule has 36 heavy (non-hydrogen) atoms. The van der Waals surface area contributed by atoms with Gasteiger partial charge in [-0.1, -0.05) is 11.6 Å². The number of H-pyrrole nitrogens is 1. The summed E-state index contributed by atoms with van der Waals surface area (Å²) in [6.45, 7) is 4.41. The molecule has 0 radical (unpaired) electrons. The standard InChI is InChI=1S/C25H23ClF4N2O4/c1-25(2,3)36-24(34)32(4)11-13-7-18(29)20(19(30)8-13)16-10-31-23(33)21(26)22(16)35-12-14-5-6-15(27)9-17(14)28/h5-10H,11-12H2,1-4H3,(H,31,33). The molecule has 1 aromatic heterocycles. The highest BCUT2D eigenvalue weighted by molar-refractivity contribution is 6.32. The first-order valence-electron chi connectivity index (χ1n) is 10.7. The molecule has 1 heterocycles. The average Bonchev–Trinajstić information content (AvgIpc) is 2.75. The van der Waals surface area contributed by atoms with E-state index < -0.39 is 57.7 Å². The van der Waals surface area contributed by atoms with Crippen molar-refractivity contribution in [3.63, 3.8) is 0 Å².